The summed E-state index contributed by atoms with van der Waals surface area (Å²) in [7, 11) is 1.67. The van der Waals surface area contributed by atoms with E-state index >= 15 is 0 Å². The molecule has 0 bridgehead atoms. The van der Waals surface area contributed by atoms with E-state index in [0.717, 1.165) is 36.0 Å². The van der Waals surface area contributed by atoms with Crippen LogP contribution < -0.4 is 20.1 Å². The first-order chi connectivity index (χ1) is 11.8. The molecule has 0 radical (unpaired) electrons. The number of benzene rings is 1. The maximum absolute atomic E-state index is 5.70. The number of nitrogens with one attached hydrogen (secondary N) is 2. The van der Waals surface area contributed by atoms with E-state index in [1.807, 2.05) is 12.1 Å². The Bertz CT molecular complexity index is 531. The van der Waals surface area contributed by atoms with Crippen LogP contribution in [-0.4, -0.2) is 32.3 Å². The molecule has 2 rings (SSSR count). The summed E-state index contributed by atoms with van der Waals surface area (Å²) in [5.74, 6) is 2.46. The Morgan fingerprint density at radius 2 is 1.96 bits per heavy atom. The van der Waals surface area contributed by atoms with Crippen molar-refractivity contribution in [2.75, 3.05) is 20.3 Å². The number of nitrogens with zero attached hydrogens (tertiary/aromatic N) is 1. The Kier molecular flexibility index (Phi) is 10.7. The van der Waals surface area contributed by atoms with Gasteiger partial charge in [0.1, 0.15) is 0 Å². The predicted molar refractivity (Wildman–Crippen MR) is 114 cm³/mol. The molecule has 0 aromatic heterocycles. The number of guanidine groups is 1. The van der Waals surface area contributed by atoms with Crippen LogP contribution in [0, 0.1) is 0 Å². The van der Waals surface area contributed by atoms with E-state index in [1.165, 1.54) is 25.7 Å². The van der Waals surface area contributed by atoms with Crippen LogP contribution >= 0.6 is 24.0 Å². The Morgan fingerprint density at radius 3 is 2.60 bits per heavy atom. The van der Waals surface area contributed by atoms with Gasteiger partial charge in [-0.15, -0.1) is 24.0 Å². The molecule has 2 N–H and O–H groups in total. The molecule has 1 aliphatic rings. The van der Waals surface area contributed by atoms with Crippen LogP contribution in [0.2, 0.25) is 0 Å². The SMILES string of the molecule is CCCOc1ccc(CN=C(NCC)NC2CCCC2)cc1OC.I. The van der Waals surface area contributed by atoms with Gasteiger partial charge in [0, 0.05) is 12.6 Å². The average Bonchev–Trinajstić information content (AvgIpc) is 3.11. The van der Waals surface area contributed by atoms with Crippen LogP contribution in [0.25, 0.3) is 0 Å². The molecule has 25 heavy (non-hydrogen) atoms. The number of aliphatic imine (C=N–C) groups is 1. The monoisotopic (exact) mass is 461 g/mol. The molecular formula is C19H32IN3O2. The maximum atomic E-state index is 5.70. The number of halogens is 1. The molecule has 1 aromatic rings. The highest BCUT2D eigenvalue weighted by molar-refractivity contribution is 14.0. The number of hydrogen-bond acceptors (Lipinski definition) is 3. The molecule has 0 unspecified atom stereocenters. The number of rotatable bonds is 8. The van der Waals surface area contributed by atoms with Gasteiger partial charge in [-0.25, -0.2) is 4.99 Å². The highest BCUT2D eigenvalue weighted by Gasteiger charge is 2.15. The van der Waals surface area contributed by atoms with Gasteiger partial charge in [0.25, 0.3) is 0 Å². The van der Waals surface area contributed by atoms with Crippen LogP contribution in [0.5, 0.6) is 11.5 Å². The van der Waals surface area contributed by atoms with Gasteiger partial charge in [-0.05, 0) is 43.9 Å². The summed E-state index contributed by atoms with van der Waals surface area (Å²) in [5, 5.41) is 6.87. The van der Waals surface area contributed by atoms with Gasteiger partial charge < -0.3 is 20.1 Å². The third-order valence-corrected chi connectivity index (χ3v) is 4.15. The fourth-order valence-corrected chi connectivity index (χ4v) is 2.90. The van der Waals surface area contributed by atoms with Gasteiger partial charge in [0.15, 0.2) is 17.5 Å². The van der Waals surface area contributed by atoms with Crippen LogP contribution in [-0.2, 0) is 6.54 Å². The fraction of sp³-hybridized carbons (Fsp3) is 0.632. The van der Waals surface area contributed by atoms with Crippen molar-refractivity contribution >= 4 is 29.9 Å². The van der Waals surface area contributed by atoms with Gasteiger partial charge in [0.2, 0.25) is 0 Å². The number of hydrogen-bond donors (Lipinski definition) is 2. The van der Waals surface area contributed by atoms with E-state index < -0.39 is 0 Å². The Hall–Kier alpha value is -1.18. The summed E-state index contributed by atoms with van der Waals surface area (Å²) < 4.78 is 11.1. The summed E-state index contributed by atoms with van der Waals surface area (Å²) in [5.41, 5.74) is 1.11. The molecule has 0 heterocycles. The van der Waals surface area contributed by atoms with E-state index in [-0.39, 0.29) is 24.0 Å². The molecule has 0 aliphatic heterocycles. The number of ether oxygens (including phenoxy) is 2. The highest BCUT2D eigenvalue weighted by atomic mass is 127. The molecule has 0 saturated heterocycles. The van der Waals surface area contributed by atoms with Crippen molar-refractivity contribution in [3.8, 4) is 11.5 Å². The van der Waals surface area contributed by atoms with Gasteiger partial charge in [0.05, 0.1) is 20.3 Å². The van der Waals surface area contributed by atoms with Crippen LogP contribution in [0.4, 0.5) is 0 Å². The zero-order chi connectivity index (χ0) is 17.2. The van der Waals surface area contributed by atoms with E-state index in [9.17, 15) is 0 Å². The molecule has 142 valence electrons. The van der Waals surface area contributed by atoms with Crippen molar-refractivity contribution in [3.05, 3.63) is 23.8 Å². The molecule has 1 saturated carbocycles. The van der Waals surface area contributed by atoms with E-state index in [4.69, 9.17) is 14.5 Å². The smallest absolute Gasteiger partial charge is 0.191 e. The molecule has 6 heteroatoms. The van der Waals surface area contributed by atoms with Crippen molar-refractivity contribution in [3.63, 3.8) is 0 Å². The van der Waals surface area contributed by atoms with Crippen molar-refractivity contribution < 1.29 is 9.47 Å². The van der Waals surface area contributed by atoms with Gasteiger partial charge in [-0.2, -0.15) is 0 Å². The summed E-state index contributed by atoms with van der Waals surface area (Å²) in [4.78, 5) is 4.71. The van der Waals surface area contributed by atoms with Gasteiger partial charge in [-0.1, -0.05) is 25.8 Å². The Balaban J connectivity index is 0.00000312. The first-order valence-corrected chi connectivity index (χ1v) is 9.11. The van der Waals surface area contributed by atoms with Crippen LogP contribution in [0.15, 0.2) is 23.2 Å². The lowest BCUT2D eigenvalue weighted by molar-refractivity contribution is 0.294. The molecule has 5 nitrogen and oxygen atoms in total. The predicted octanol–water partition coefficient (Wildman–Crippen LogP) is 4.10. The van der Waals surface area contributed by atoms with Gasteiger partial charge in [-0.3, -0.25) is 0 Å². The molecule has 1 aliphatic carbocycles. The lowest BCUT2D eigenvalue weighted by Gasteiger charge is -2.16. The summed E-state index contributed by atoms with van der Waals surface area (Å²) in [6.45, 7) is 6.37. The van der Waals surface area contributed by atoms with Crippen molar-refractivity contribution in [1.29, 1.82) is 0 Å². The van der Waals surface area contributed by atoms with Crippen molar-refractivity contribution in [2.24, 2.45) is 4.99 Å². The third kappa shape index (κ3) is 7.30. The molecule has 0 atom stereocenters. The zero-order valence-corrected chi connectivity index (χ0v) is 18.0. The lowest BCUT2D eigenvalue weighted by Crippen LogP contribution is -2.42. The van der Waals surface area contributed by atoms with Crippen molar-refractivity contribution in [1.82, 2.24) is 10.6 Å². The minimum atomic E-state index is 0. The van der Waals surface area contributed by atoms with Crippen LogP contribution in [0.1, 0.15) is 51.5 Å². The largest absolute Gasteiger partial charge is 0.493 e. The second kappa shape index (κ2) is 12.2. The molecule has 1 fully saturated rings. The maximum Gasteiger partial charge on any atom is 0.191 e. The second-order valence-corrected chi connectivity index (χ2v) is 6.15. The Morgan fingerprint density at radius 1 is 1.20 bits per heavy atom. The minimum Gasteiger partial charge on any atom is -0.493 e. The standard InChI is InChI=1S/C19H31N3O2.HI/c1-4-12-24-17-11-10-15(13-18(17)23-3)14-21-19(20-5-2)22-16-8-6-7-9-16;/h10-11,13,16H,4-9,12,14H2,1-3H3,(H2,20,21,22);1H. The quantitative estimate of drug-likeness (QED) is 0.348. The average molecular weight is 461 g/mol. The summed E-state index contributed by atoms with van der Waals surface area (Å²) in [6.07, 6.45) is 6.08. The summed E-state index contributed by atoms with van der Waals surface area (Å²) in [6, 6.07) is 6.59. The topological polar surface area (TPSA) is 54.9 Å². The minimum absolute atomic E-state index is 0. The summed E-state index contributed by atoms with van der Waals surface area (Å²) >= 11 is 0. The van der Waals surface area contributed by atoms with E-state index in [2.05, 4.69) is 30.5 Å². The first-order valence-electron chi connectivity index (χ1n) is 9.11. The number of methoxy groups -OCH3 is 1. The highest BCUT2D eigenvalue weighted by Crippen LogP contribution is 2.28. The first kappa shape index (κ1) is 21.9. The van der Waals surface area contributed by atoms with E-state index in [0.29, 0.717) is 19.2 Å². The Labute approximate surface area is 169 Å². The molecule has 1 aromatic carbocycles. The fourth-order valence-electron chi connectivity index (χ4n) is 2.90. The zero-order valence-electron chi connectivity index (χ0n) is 15.6. The van der Waals surface area contributed by atoms with Crippen molar-refractivity contribution in [2.45, 2.75) is 58.5 Å². The third-order valence-electron chi connectivity index (χ3n) is 4.15. The molecule has 0 spiro atoms. The molecular weight excluding hydrogens is 429 g/mol. The second-order valence-electron chi connectivity index (χ2n) is 6.15. The van der Waals surface area contributed by atoms with E-state index in [1.54, 1.807) is 7.11 Å². The normalized spacial score (nSPS) is 14.8. The molecule has 0 amide bonds. The van der Waals surface area contributed by atoms with Gasteiger partial charge >= 0.3 is 0 Å². The lowest BCUT2D eigenvalue weighted by atomic mass is 10.2. The van der Waals surface area contributed by atoms with Crippen LogP contribution in [0.3, 0.4) is 0 Å².